The SMILES string of the molecule is C=CCN(CC=C)CC(=O)N(C)C1CCCc2ccccc21. The van der Waals surface area contributed by atoms with Gasteiger partial charge in [-0.15, -0.1) is 13.2 Å². The Morgan fingerprint density at radius 3 is 2.64 bits per heavy atom. The zero-order chi connectivity index (χ0) is 15.9. The fraction of sp³-hybridized carbons (Fsp3) is 0.421. The summed E-state index contributed by atoms with van der Waals surface area (Å²) in [6.07, 6.45) is 6.96. The Bertz CT molecular complexity index is 528. The first-order chi connectivity index (χ1) is 10.7. The fourth-order valence-corrected chi connectivity index (χ4v) is 3.18. The molecule has 0 N–H and O–H groups in total. The van der Waals surface area contributed by atoms with Crippen molar-refractivity contribution in [1.82, 2.24) is 9.80 Å². The van der Waals surface area contributed by atoms with E-state index in [0.29, 0.717) is 19.6 Å². The van der Waals surface area contributed by atoms with Gasteiger partial charge in [0.2, 0.25) is 5.91 Å². The van der Waals surface area contributed by atoms with Gasteiger partial charge in [-0.1, -0.05) is 36.4 Å². The molecular formula is C19H26N2O. The van der Waals surface area contributed by atoms with Crippen LogP contribution in [0.3, 0.4) is 0 Å². The first-order valence-electron chi connectivity index (χ1n) is 7.95. The van der Waals surface area contributed by atoms with Crippen LogP contribution in [0.2, 0.25) is 0 Å². The lowest BCUT2D eigenvalue weighted by Crippen LogP contribution is -2.41. The third kappa shape index (κ3) is 3.86. The third-order valence-electron chi connectivity index (χ3n) is 4.33. The van der Waals surface area contributed by atoms with E-state index in [2.05, 4.69) is 37.4 Å². The first kappa shape index (κ1) is 16.5. The molecule has 0 heterocycles. The highest BCUT2D eigenvalue weighted by Crippen LogP contribution is 2.33. The van der Waals surface area contributed by atoms with Crippen LogP contribution < -0.4 is 0 Å². The average Bonchev–Trinajstić information content (AvgIpc) is 2.54. The summed E-state index contributed by atoms with van der Waals surface area (Å²) in [5.41, 5.74) is 2.69. The summed E-state index contributed by atoms with van der Waals surface area (Å²) in [6, 6.07) is 8.69. The molecule has 1 aliphatic carbocycles. The molecule has 1 aliphatic rings. The van der Waals surface area contributed by atoms with E-state index in [1.165, 1.54) is 11.1 Å². The zero-order valence-electron chi connectivity index (χ0n) is 13.5. The molecule has 0 spiro atoms. The Balaban J connectivity index is 2.07. The first-order valence-corrected chi connectivity index (χ1v) is 7.95. The van der Waals surface area contributed by atoms with Crippen LogP contribution in [-0.4, -0.2) is 42.4 Å². The molecule has 0 bridgehead atoms. The molecule has 3 heteroatoms. The van der Waals surface area contributed by atoms with Crippen LogP contribution in [0.15, 0.2) is 49.6 Å². The van der Waals surface area contributed by atoms with E-state index in [1.807, 2.05) is 29.0 Å². The second kappa shape index (κ2) is 7.95. The maximum absolute atomic E-state index is 12.6. The molecule has 1 amide bonds. The molecule has 22 heavy (non-hydrogen) atoms. The number of aryl methyl sites for hydroxylation is 1. The molecule has 1 aromatic carbocycles. The van der Waals surface area contributed by atoms with Gasteiger partial charge in [-0.2, -0.15) is 0 Å². The summed E-state index contributed by atoms with van der Waals surface area (Å²) in [4.78, 5) is 16.6. The van der Waals surface area contributed by atoms with Crippen molar-refractivity contribution in [2.45, 2.75) is 25.3 Å². The van der Waals surface area contributed by atoms with Crippen molar-refractivity contribution in [2.24, 2.45) is 0 Å². The lowest BCUT2D eigenvalue weighted by molar-refractivity contribution is -0.133. The minimum atomic E-state index is 0.158. The van der Waals surface area contributed by atoms with Crippen LogP contribution in [0.25, 0.3) is 0 Å². The van der Waals surface area contributed by atoms with Gasteiger partial charge in [-0.05, 0) is 30.4 Å². The van der Waals surface area contributed by atoms with Gasteiger partial charge in [0.1, 0.15) is 0 Å². The summed E-state index contributed by atoms with van der Waals surface area (Å²) in [6.45, 7) is 9.32. The number of benzene rings is 1. The number of likely N-dealkylation sites (N-methyl/N-ethyl adjacent to an activating group) is 1. The standard InChI is InChI=1S/C19H26N2O/c1-4-13-21(14-5-2)15-19(22)20(3)18-12-8-10-16-9-6-7-11-17(16)18/h4-7,9,11,18H,1-2,8,10,12-15H2,3H3. The van der Waals surface area contributed by atoms with Crippen molar-refractivity contribution < 1.29 is 4.79 Å². The zero-order valence-corrected chi connectivity index (χ0v) is 13.5. The minimum Gasteiger partial charge on any atom is -0.338 e. The maximum Gasteiger partial charge on any atom is 0.237 e. The van der Waals surface area contributed by atoms with E-state index >= 15 is 0 Å². The molecule has 2 rings (SSSR count). The fourth-order valence-electron chi connectivity index (χ4n) is 3.18. The number of carbonyl (C=O) groups is 1. The van der Waals surface area contributed by atoms with E-state index < -0.39 is 0 Å². The van der Waals surface area contributed by atoms with Crippen LogP contribution in [0.5, 0.6) is 0 Å². The monoisotopic (exact) mass is 298 g/mol. The third-order valence-corrected chi connectivity index (χ3v) is 4.33. The van der Waals surface area contributed by atoms with Crippen molar-refractivity contribution in [3.63, 3.8) is 0 Å². The molecule has 1 aromatic rings. The second-order valence-corrected chi connectivity index (χ2v) is 5.88. The highest BCUT2D eigenvalue weighted by atomic mass is 16.2. The molecule has 0 radical (unpaired) electrons. The van der Waals surface area contributed by atoms with E-state index in [9.17, 15) is 4.79 Å². The highest BCUT2D eigenvalue weighted by Gasteiger charge is 2.26. The predicted octanol–water partition coefficient (Wildman–Crippen LogP) is 3.20. The van der Waals surface area contributed by atoms with Crippen molar-refractivity contribution in [3.8, 4) is 0 Å². The van der Waals surface area contributed by atoms with E-state index in [1.54, 1.807) is 0 Å². The van der Waals surface area contributed by atoms with Gasteiger partial charge >= 0.3 is 0 Å². The van der Waals surface area contributed by atoms with Gasteiger partial charge < -0.3 is 4.90 Å². The van der Waals surface area contributed by atoms with Crippen molar-refractivity contribution in [1.29, 1.82) is 0 Å². The molecule has 0 saturated heterocycles. The maximum atomic E-state index is 12.6. The number of fused-ring (bicyclic) bond motifs is 1. The molecule has 1 atom stereocenters. The number of carbonyl (C=O) groups excluding carboxylic acids is 1. The van der Waals surface area contributed by atoms with E-state index in [-0.39, 0.29) is 11.9 Å². The number of nitrogens with zero attached hydrogens (tertiary/aromatic N) is 2. The molecule has 0 saturated carbocycles. The van der Waals surface area contributed by atoms with Gasteiger partial charge in [0, 0.05) is 20.1 Å². The molecular weight excluding hydrogens is 272 g/mol. The number of hydrogen-bond donors (Lipinski definition) is 0. The predicted molar refractivity (Wildman–Crippen MR) is 91.7 cm³/mol. The summed E-state index contributed by atoms with van der Waals surface area (Å²) in [5, 5.41) is 0. The summed E-state index contributed by atoms with van der Waals surface area (Å²) in [7, 11) is 1.93. The van der Waals surface area contributed by atoms with Crippen LogP contribution in [0, 0.1) is 0 Å². The Morgan fingerprint density at radius 1 is 1.27 bits per heavy atom. The van der Waals surface area contributed by atoms with Crippen LogP contribution in [0.4, 0.5) is 0 Å². The summed E-state index contributed by atoms with van der Waals surface area (Å²) < 4.78 is 0. The molecule has 0 fully saturated rings. The largest absolute Gasteiger partial charge is 0.338 e. The second-order valence-electron chi connectivity index (χ2n) is 5.88. The van der Waals surface area contributed by atoms with Gasteiger partial charge in [0.05, 0.1) is 12.6 Å². The highest BCUT2D eigenvalue weighted by molar-refractivity contribution is 5.78. The van der Waals surface area contributed by atoms with Gasteiger partial charge in [0.25, 0.3) is 0 Å². The molecule has 0 aliphatic heterocycles. The van der Waals surface area contributed by atoms with Crippen molar-refractivity contribution in [2.75, 3.05) is 26.7 Å². The van der Waals surface area contributed by atoms with E-state index in [4.69, 9.17) is 0 Å². The van der Waals surface area contributed by atoms with Gasteiger partial charge in [0.15, 0.2) is 0 Å². The number of rotatable bonds is 7. The average molecular weight is 298 g/mol. The van der Waals surface area contributed by atoms with Crippen LogP contribution in [0.1, 0.15) is 30.0 Å². The normalized spacial score (nSPS) is 16.9. The summed E-state index contributed by atoms with van der Waals surface area (Å²) in [5.74, 6) is 0.158. The lowest BCUT2D eigenvalue weighted by atomic mass is 9.87. The minimum absolute atomic E-state index is 0.158. The Morgan fingerprint density at radius 2 is 1.95 bits per heavy atom. The smallest absolute Gasteiger partial charge is 0.237 e. The Labute approximate surface area is 133 Å². The molecule has 0 aromatic heterocycles. The quantitative estimate of drug-likeness (QED) is 0.722. The van der Waals surface area contributed by atoms with Crippen molar-refractivity contribution in [3.05, 3.63) is 60.7 Å². The Kier molecular flexibility index (Phi) is 5.96. The van der Waals surface area contributed by atoms with Gasteiger partial charge in [-0.25, -0.2) is 0 Å². The summed E-state index contributed by atoms with van der Waals surface area (Å²) >= 11 is 0. The lowest BCUT2D eigenvalue weighted by Gasteiger charge is -2.34. The molecule has 118 valence electrons. The number of hydrogen-bond acceptors (Lipinski definition) is 2. The van der Waals surface area contributed by atoms with Crippen LogP contribution >= 0.6 is 0 Å². The van der Waals surface area contributed by atoms with E-state index in [0.717, 1.165) is 19.3 Å². The topological polar surface area (TPSA) is 23.6 Å². The Hall–Kier alpha value is -1.87. The van der Waals surface area contributed by atoms with Crippen molar-refractivity contribution >= 4 is 5.91 Å². The number of amides is 1. The molecule has 1 unspecified atom stereocenters. The van der Waals surface area contributed by atoms with Crippen LogP contribution in [-0.2, 0) is 11.2 Å². The molecule has 3 nitrogen and oxygen atoms in total. The van der Waals surface area contributed by atoms with Gasteiger partial charge in [-0.3, -0.25) is 9.69 Å².